The van der Waals surface area contributed by atoms with E-state index < -0.39 is 0 Å². The van der Waals surface area contributed by atoms with E-state index in [4.69, 9.17) is 0 Å². The monoisotopic (exact) mass is 351 g/mol. The van der Waals surface area contributed by atoms with Crippen LogP contribution in [0.5, 0.6) is 0 Å². The van der Waals surface area contributed by atoms with Gasteiger partial charge in [0, 0.05) is 17.6 Å². The lowest BCUT2D eigenvalue weighted by molar-refractivity contribution is 0.224. The quantitative estimate of drug-likeness (QED) is 0.693. The van der Waals surface area contributed by atoms with E-state index in [1.54, 1.807) is 0 Å². The zero-order valence-corrected chi connectivity index (χ0v) is 15.4. The van der Waals surface area contributed by atoms with Crippen LogP contribution < -0.4 is 0 Å². The average molecular weight is 352 g/mol. The minimum atomic E-state index is 0.620. The molecule has 2 aromatic heterocycles. The van der Waals surface area contributed by atoms with Crippen molar-refractivity contribution in [2.45, 2.75) is 46.6 Å². The van der Waals surface area contributed by atoms with Gasteiger partial charge in [-0.2, -0.15) is 0 Å². The van der Waals surface area contributed by atoms with Gasteiger partial charge in [0.15, 0.2) is 0 Å². The van der Waals surface area contributed by atoms with Crippen molar-refractivity contribution in [2.24, 2.45) is 0 Å². The van der Waals surface area contributed by atoms with Crippen molar-refractivity contribution in [3.8, 4) is 0 Å². The van der Waals surface area contributed by atoms with Crippen LogP contribution in [0.15, 0.2) is 16.9 Å². The van der Waals surface area contributed by atoms with Crippen LogP contribution in [0.2, 0.25) is 0 Å². The summed E-state index contributed by atoms with van der Waals surface area (Å²) in [5, 5.41) is 1.33. The van der Waals surface area contributed by atoms with E-state index in [9.17, 15) is 0 Å². The summed E-state index contributed by atoms with van der Waals surface area (Å²) < 4.78 is 3.40. The Morgan fingerprint density at radius 3 is 2.43 bits per heavy atom. The number of piperidine rings is 1. The molecule has 3 rings (SSSR count). The first kappa shape index (κ1) is 16.5. The number of aromatic nitrogens is 2. The average Bonchev–Trinajstić information content (AvgIpc) is 2.79. The number of hydrogen-bond acceptors (Lipinski definition) is 2. The molecule has 1 aliphatic heterocycles. The predicted octanol–water partition coefficient (Wildman–Crippen LogP) is 4.71. The van der Waals surface area contributed by atoms with Crippen LogP contribution in [0, 0.1) is 13.8 Å². The van der Waals surface area contributed by atoms with Crippen LogP contribution in [-0.4, -0.2) is 34.6 Å². The van der Waals surface area contributed by atoms with Crippen molar-refractivity contribution in [1.82, 2.24) is 14.5 Å². The minimum absolute atomic E-state index is 0.620. The summed E-state index contributed by atoms with van der Waals surface area (Å²) in [6.45, 7) is 10.7. The van der Waals surface area contributed by atoms with Gasteiger partial charge in [0.25, 0.3) is 0 Å². The fourth-order valence-corrected chi connectivity index (χ4v) is 3.65. The molecule has 0 saturated carbocycles. The maximum absolute atomic E-state index is 4.57. The van der Waals surface area contributed by atoms with Gasteiger partial charge in [-0.1, -0.05) is 13.8 Å². The van der Waals surface area contributed by atoms with E-state index in [-0.39, 0.29) is 0 Å². The summed E-state index contributed by atoms with van der Waals surface area (Å²) in [5.41, 5.74) is 3.78. The fourth-order valence-electron chi connectivity index (χ4n) is 3.16. The SMILES string of the molecule is CC.Cc1cn(C2CCN(C)CC2)c2c(C)nc(Br)cc12. The molecule has 2 aromatic rings. The third-order valence-electron chi connectivity index (χ3n) is 4.23. The largest absolute Gasteiger partial charge is 0.343 e. The zero-order valence-electron chi connectivity index (χ0n) is 13.8. The van der Waals surface area contributed by atoms with Gasteiger partial charge in [-0.15, -0.1) is 0 Å². The molecule has 1 aliphatic rings. The van der Waals surface area contributed by atoms with Crippen LogP contribution in [0.3, 0.4) is 0 Å². The highest BCUT2D eigenvalue weighted by Crippen LogP contribution is 2.32. The Bertz CT molecular complexity index is 610. The highest BCUT2D eigenvalue weighted by atomic mass is 79.9. The number of fused-ring (bicyclic) bond motifs is 1. The molecule has 21 heavy (non-hydrogen) atoms. The molecule has 0 radical (unpaired) electrons. The van der Waals surface area contributed by atoms with Crippen molar-refractivity contribution < 1.29 is 0 Å². The van der Waals surface area contributed by atoms with Crippen LogP contribution in [0.4, 0.5) is 0 Å². The smallest absolute Gasteiger partial charge is 0.107 e. The molecule has 1 saturated heterocycles. The first-order chi connectivity index (χ1) is 10.1. The predicted molar refractivity (Wildman–Crippen MR) is 94.0 cm³/mol. The van der Waals surface area contributed by atoms with E-state index in [1.807, 2.05) is 13.8 Å². The lowest BCUT2D eigenvalue weighted by Gasteiger charge is -2.30. The molecule has 3 nitrogen and oxygen atoms in total. The van der Waals surface area contributed by atoms with Gasteiger partial charge < -0.3 is 9.47 Å². The lowest BCUT2D eigenvalue weighted by Crippen LogP contribution is -2.31. The molecule has 0 atom stereocenters. The van der Waals surface area contributed by atoms with Crippen molar-refractivity contribution in [3.63, 3.8) is 0 Å². The highest BCUT2D eigenvalue weighted by Gasteiger charge is 2.21. The number of likely N-dealkylation sites (tertiary alicyclic amines) is 1. The standard InChI is InChI=1S/C15H20BrN3.C2H6/c1-10-9-19(12-4-6-18(3)7-5-12)15-11(2)17-14(16)8-13(10)15;1-2/h8-9,12H,4-7H2,1-3H3;1-2H3. The first-order valence-corrected chi connectivity index (χ1v) is 8.68. The van der Waals surface area contributed by atoms with E-state index in [2.05, 4.69) is 63.5 Å². The second kappa shape index (κ2) is 6.93. The Balaban J connectivity index is 0.000000774. The summed E-state index contributed by atoms with van der Waals surface area (Å²) in [6.07, 6.45) is 4.77. The van der Waals surface area contributed by atoms with Gasteiger partial charge in [0.2, 0.25) is 0 Å². The summed E-state index contributed by atoms with van der Waals surface area (Å²) in [6, 6.07) is 2.76. The summed E-state index contributed by atoms with van der Waals surface area (Å²) in [7, 11) is 2.21. The fraction of sp³-hybridized carbons (Fsp3) is 0.588. The van der Waals surface area contributed by atoms with E-state index in [1.165, 1.54) is 42.4 Å². The molecule has 0 aromatic carbocycles. The highest BCUT2D eigenvalue weighted by molar-refractivity contribution is 9.10. The van der Waals surface area contributed by atoms with Crippen molar-refractivity contribution in [1.29, 1.82) is 0 Å². The van der Waals surface area contributed by atoms with Gasteiger partial charge in [-0.05, 0) is 74.4 Å². The summed E-state index contributed by atoms with van der Waals surface area (Å²) in [4.78, 5) is 6.98. The molecule has 0 unspecified atom stereocenters. The molecule has 4 heteroatoms. The molecule has 0 aliphatic carbocycles. The molecule has 3 heterocycles. The zero-order chi connectivity index (χ0) is 15.6. The van der Waals surface area contributed by atoms with Gasteiger partial charge >= 0.3 is 0 Å². The molecular weight excluding hydrogens is 326 g/mol. The maximum atomic E-state index is 4.57. The van der Waals surface area contributed by atoms with Crippen molar-refractivity contribution >= 4 is 26.8 Å². The van der Waals surface area contributed by atoms with Gasteiger partial charge in [-0.25, -0.2) is 4.98 Å². The van der Waals surface area contributed by atoms with Crippen molar-refractivity contribution in [3.05, 3.63) is 28.1 Å². The lowest BCUT2D eigenvalue weighted by atomic mass is 10.1. The van der Waals surface area contributed by atoms with Crippen LogP contribution in [0.1, 0.15) is 44.0 Å². The number of rotatable bonds is 1. The second-order valence-electron chi connectivity index (χ2n) is 5.68. The normalized spacial score (nSPS) is 16.9. The number of aryl methyl sites for hydroxylation is 2. The van der Waals surface area contributed by atoms with Crippen LogP contribution in [-0.2, 0) is 0 Å². The third kappa shape index (κ3) is 3.32. The number of nitrogens with zero attached hydrogens (tertiary/aromatic N) is 3. The Hall–Kier alpha value is -0.870. The van der Waals surface area contributed by atoms with Crippen molar-refractivity contribution in [2.75, 3.05) is 20.1 Å². The summed E-state index contributed by atoms with van der Waals surface area (Å²) >= 11 is 3.50. The minimum Gasteiger partial charge on any atom is -0.343 e. The molecule has 0 spiro atoms. The van der Waals surface area contributed by atoms with E-state index >= 15 is 0 Å². The number of hydrogen-bond donors (Lipinski definition) is 0. The molecule has 0 bridgehead atoms. The Morgan fingerprint density at radius 1 is 1.19 bits per heavy atom. The van der Waals surface area contributed by atoms with Crippen LogP contribution in [0.25, 0.3) is 10.9 Å². The molecule has 1 fully saturated rings. The number of halogens is 1. The molecule has 116 valence electrons. The van der Waals surface area contributed by atoms with Crippen LogP contribution >= 0.6 is 15.9 Å². The van der Waals surface area contributed by atoms with Gasteiger partial charge in [0.1, 0.15) is 4.60 Å². The Kier molecular flexibility index (Phi) is 5.44. The van der Waals surface area contributed by atoms with E-state index in [0.29, 0.717) is 6.04 Å². The molecule has 0 amide bonds. The molecular formula is C17H26BrN3. The number of pyridine rings is 1. The summed E-state index contributed by atoms with van der Waals surface area (Å²) in [5.74, 6) is 0. The van der Waals surface area contributed by atoms with Gasteiger partial charge in [-0.3, -0.25) is 0 Å². The third-order valence-corrected chi connectivity index (χ3v) is 4.64. The Morgan fingerprint density at radius 2 is 1.81 bits per heavy atom. The first-order valence-electron chi connectivity index (χ1n) is 7.89. The topological polar surface area (TPSA) is 21.1 Å². The Labute approximate surface area is 136 Å². The maximum Gasteiger partial charge on any atom is 0.107 e. The second-order valence-corrected chi connectivity index (χ2v) is 6.49. The van der Waals surface area contributed by atoms with E-state index in [0.717, 1.165) is 10.3 Å². The van der Waals surface area contributed by atoms with Gasteiger partial charge in [0.05, 0.1) is 11.2 Å². The molecule has 0 N–H and O–H groups in total.